The number of nitrogens with one attached hydrogen (secondary N) is 2. The van der Waals surface area contributed by atoms with Crippen molar-refractivity contribution in [1.82, 2.24) is 9.97 Å². The number of hydrogen-bond donors (Lipinski definition) is 2. The second-order valence-corrected chi connectivity index (χ2v) is 6.47. The first-order valence-corrected chi connectivity index (χ1v) is 8.47. The van der Waals surface area contributed by atoms with Crippen molar-refractivity contribution >= 4 is 29.1 Å². The molecule has 1 aromatic carbocycles. The molecule has 1 amide bonds. The number of benzene rings is 1. The third-order valence-corrected chi connectivity index (χ3v) is 4.46. The predicted molar refractivity (Wildman–Crippen MR) is 92.3 cm³/mol. The molecule has 1 aliphatic rings. The fourth-order valence-corrected chi connectivity index (χ4v) is 3.02. The molecule has 5 nitrogen and oxygen atoms in total. The largest absolute Gasteiger partial charge is 0.417 e. The van der Waals surface area contributed by atoms with Crippen LogP contribution in [0.3, 0.4) is 0 Å². The highest BCUT2D eigenvalue weighted by Crippen LogP contribution is 2.36. The summed E-state index contributed by atoms with van der Waals surface area (Å²) in [4.78, 5) is 20.4. The highest BCUT2D eigenvalue weighted by molar-refractivity contribution is 6.31. The quantitative estimate of drug-likeness (QED) is 0.797. The average molecular weight is 385 g/mol. The van der Waals surface area contributed by atoms with Crippen LogP contribution in [-0.4, -0.2) is 21.9 Å². The minimum atomic E-state index is -4.60. The summed E-state index contributed by atoms with van der Waals surface area (Å²) in [6.45, 7) is 0. The van der Waals surface area contributed by atoms with E-state index >= 15 is 0 Å². The molecule has 1 heterocycles. The molecule has 0 bridgehead atoms. The minimum Gasteiger partial charge on any atom is -0.351 e. The summed E-state index contributed by atoms with van der Waals surface area (Å²) in [7, 11) is 0. The number of hydrogen-bond acceptors (Lipinski definition) is 4. The van der Waals surface area contributed by atoms with Crippen LogP contribution in [-0.2, 0) is 6.18 Å². The summed E-state index contributed by atoms with van der Waals surface area (Å²) >= 11 is 5.56. The maximum atomic E-state index is 12.9. The Morgan fingerprint density at radius 1 is 1.15 bits per heavy atom. The van der Waals surface area contributed by atoms with E-state index in [2.05, 4.69) is 20.6 Å². The van der Waals surface area contributed by atoms with E-state index in [9.17, 15) is 18.0 Å². The zero-order valence-corrected chi connectivity index (χ0v) is 14.4. The van der Waals surface area contributed by atoms with Gasteiger partial charge in [-0.1, -0.05) is 24.4 Å². The van der Waals surface area contributed by atoms with Crippen LogP contribution in [0.25, 0.3) is 0 Å². The molecule has 0 radical (unpaired) electrons. The molecule has 26 heavy (non-hydrogen) atoms. The zero-order chi connectivity index (χ0) is 18.7. The SMILES string of the molecule is O=C(Nc1ccc(Cl)c(C(F)(F)F)c1)c1cnc(NC2CCCC2)nc1. The lowest BCUT2D eigenvalue weighted by molar-refractivity contribution is -0.137. The Labute approximate surface area is 153 Å². The van der Waals surface area contributed by atoms with Gasteiger partial charge in [0.1, 0.15) is 0 Å². The van der Waals surface area contributed by atoms with Crippen molar-refractivity contribution in [3.8, 4) is 0 Å². The number of anilines is 2. The Hall–Kier alpha value is -2.35. The van der Waals surface area contributed by atoms with E-state index < -0.39 is 22.7 Å². The van der Waals surface area contributed by atoms with Gasteiger partial charge in [-0.25, -0.2) is 9.97 Å². The Morgan fingerprint density at radius 2 is 1.81 bits per heavy atom. The molecule has 2 N–H and O–H groups in total. The Kier molecular flexibility index (Phi) is 5.31. The lowest BCUT2D eigenvalue weighted by Gasteiger charge is -2.12. The number of nitrogens with zero attached hydrogens (tertiary/aromatic N) is 2. The topological polar surface area (TPSA) is 66.9 Å². The molecule has 1 saturated carbocycles. The van der Waals surface area contributed by atoms with E-state index in [1.54, 1.807) is 0 Å². The molecular weight excluding hydrogens is 369 g/mol. The molecule has 2 aromatic rings. The summed E-state index contributed by atoms with van der Waals surface area (Å²) < 4.78 is 38.6. The second kappa shape index (κ2) is 7.49. The van der Waals surface area contributed by atoms with Gasteiger partial charge in [0.15, 0.2) is 0 Å². The maximum Gasteiger partial charge on any atom is 0.417 e. The van der Waals surface area contributed by atoms with Crippen molar-refractivity contribution in [3.63, 3.8) is 0 Å². The first-order valence-electron chi connectivity index (χ1n) is 8.09. The van der Waals surface area contributed by atoms with Crippen molar-refractivity contribution in [3.05, 3.63) is 46.7 Å². The predicted octanol–water partition coefficient (Wildman–Crippen LogP) is 4.76. The summed E-state index contributed by atoms with van der Waals surface area (Å²) in [5, 5.41) is 5.16. The Bertz CT molecular complexity index is 790. The summed E-state index contributed by atoms with van der Waals surface area (Å²) in [5.74, 6) is -0.174. The van der Waals surface area contributed by atoms with E-state index in [4.69, 9.17) is 11.6 Å². The van der Waals surface area contributed by atoms with Crippen LogP contribution in [0.4, 0.5) is 24.8 Å². The lowest BCUT2D eigenvalue weighted by atomic mass is 10.2. The molecule has 1 fully saturated rings. The van der Waals surface area contributed by atoms with Crippen molar-refractivity contribution in [2.24, 2.45) is 0 Å². The van der Waals surface area contributed by atoms with Crippen LogP contribution in [0.15, 0.2) is 30.6 Å². The van der Waals surface area contributed by atoms with Crippen molar-refractivity contribution in [2.75, 3.05) is 10.6 Å². The molecule has 9 heteroatoms. The number of aromatic nitrogens is 2. The van der Waals surface area contributed by atoms with Crippen LogP contribution in [0.1, 0.15) is 41.6 Å². The van der Waals surface area contributed by atoms with Gasteiger partial charge < -0.3 is 10.6 Å². The van der Waals surface area contributed by atoms with E-state index in [0.717, 1.165) is 25.0 Å². The number of rotatable bonds is 4. The molecule has 0 aliphatic heterocycles. The van der Waals surface area contributed by atoms with Gasteiger partial charge in [-0.15, -0.1) is 0 Å². The van der Waals surface area contributed by atoms with Gasteiger partial charge in [0.05, 0.1) is 16.1 Å². The molecular formula is C17H16ClF3N4O. The van der Waals surface area contributed by atoms with Crippen molar-refractivity contribution in [2.45, 2.75) is 37.9 Å². The number of amides is 1. The van der Waals surface area contributed by atoms with Crippen LogP contribution < -0.4 is 10.6 Å². The monoisotopic (exact) mass is 384 g/mol. The fourth-order valence-electron chi connectivity index (χ4n) is 2.80. The smallest absolute Gasteiger partial charge is 0.351 e. The van der Waals surface area contributed by atoms with Gasteiger partial charge in [-0.05, 0) is 31.0 Å². The normalized spacial score (nSPS) is 15.1. The molecule has 0 unspecified atom stereocenters. The fraction of sp³-hybridized carbons (Fsp3) is 0.353. The third-order valence-electron chi connectivity index (χ3n) is 4.13. The number of carbonyl (C=O) groups excluding carboxylic acids is 1. The standard InChI is InChI=1S/C17H16ClF3N4O/c18-14-6-5-12(7-13(14)17(19,20)21)24-15(26)10-8-22-16(23-9-10)25-11-3-1-2-4-11/h5-9,11H,1-4H2,(H,24,26)(H,22,23,25). The number of carbonyl (C=O) groups is 1. The first-order chi connectivity index (χ1) is 12.3. The van der Waals surface area contributed by atoms with Crippen LogP contribution in [0.2, 0.25) is 5.02 Å². The third kappa shape index (κ3) is 4.43. The molecule has 1 aromatic heterocycles. The average Bonchev–Trinajstić information content (AvgIpc) is 3.09. The molecule has 0 atom stereocenters. The van der Waals surface area contributed by atoms with Crippen LogP contribution >= 0.6 is 11.6 Å². The van der Waals surface area contributed by atoms with Crippen molar-refractivity contribution in [1.29, 1.82) is 0 Å². The first kappa shape index (κ1) is 18.4. The molecule has 0 spiro atoms. The van der Waals surface area contributed by atoms with Crippen molar-refractivity contribution < 1.29 is 18.0 Å². The molecule has 138 valence electrons. The highest BCUT2D eigenvalue weighted by atomic mass is 35.5. The summed E-state index contributed by atoms with van der Waals surface area (Å²) in [6, 6.07) is 3.51. The minimum absolute atomic E-state index is 0.0140. The van der Waals surface area contributed by atoms with E-state index in [0.29, 0.717) is 12.0 Å². The van der Waals surface area contributed by atoms with Gasteiger partial charge >= 0.3 is 6.18 Å². The number of halogens is 4. The highest BCUT2D eigenvalue weighted by Gasteiger charge is 2.33. The van der Waals surface area contributed by atoms with Gasteiger partial charge in [0.25, 0.3) is 5.91 Å². The second-order valence-electron chi connectivity index (χ2n) is 6.07. The summed E-state index contributed by atoms with van der Waals surface area (Å²) in [6.07, 6.45) is 2.51. The van der Waals surface area contributed by atoms with Gasteiger partial charge in [-0.3, -0.25) is 4.79 Å². The van der Waals surface area contributed by atoms with E-state index in [-0.39, 0.29) is 11.3 Å². The lowest BCUT2D eigenvalue weighted by Crippen LogP contribution is -2.18. The van der Waals surface area contributed by atoms with E-state index in [1.807, 2.05) is 0 Å². The molecule has 0 saturated heterocycles. The van der Waals surface area contributed by atoms with Gasteiger partial charge in [0, 0.05) is 24.1 Å². The Balaban J connectivity index is 1.68. The summed E-state index contributed by atoms with van der Waals surface area (Å²) in [5.41, 5.74) is -0.880. The number of alkyl halides is 3. The molecule has 3 rings (SSSR count). The van der Waals surface area contributed by atoms with Crippen LogP contribution in [0, 0.1) is 0 Å². The molecule has 1 aliphatic carbocycles. The maximum absolute atomic E-state index is 12.9. The Morgan fingerprint density at radius 3 is 2.42 bits per heavy atom. The van der Waals surface area contributed by atoms with E-state index in [1.165, 1.54) is 31.3 Å². The van der Waals surface area contributed by atoms with Gasteiger partial charge in [-0.2, -0.15) is 13.2 Å². The zero-order valence-electron chi connectivity index (χ0n) is 13.6. The van der Waals surface area contributed by atoms with Crippen LogP contribution in [0.5, 0.6) is 0 Å². The van der Waals surface area contributed by atoms with Gasteiger partial charge in [0.2, 0.25) is 5.95 Å².